The smallest absolute Gasteiger partial charge is 0.283 e. The van der Waals surface area contributed by atoms with E-state index in [9.17, 15) is 14.4 Å². The summed E-state index contributed by atoms with van der Waals surface area (Å²) in [7, 11) is 0. The number of carbonyl (C=O) groups is 3. The Morgan fingerprint density at radius 2 is 1.65 bits per heavy atom. The Bertz CT molecular complexity index is 1280. The number of amides is 3. The Kier molecular flexibility index (Phi) is 6.65. The van der Waals surface area contributed by atoms with Crippen LogP contribution in [0.5, 0.6) is 5.75 Å². The van der Waals surface area contributed by atoms with E-state index < -0.39 is 11.8 Å². The zero-order valence-electron chi connectivity index (χ0n) is 18.6. The van der Waals surface area contributed by atoms with Gasteiger partial charge >= 0.3 is 0 Å². The minimum atomic E-state index is -0.618. The van der Waals surface area contributed by atoms with Crippen molar-refractivity contribution in [2.45, 2.75) is 13.8 Å². The molecule has 4 rings (SSSR count). The number of halogens is 1. The van der Waals surface area contributed by atoms with Crippen molar-refractivity contribution in [2.75, 3.05) is 22.1 Å². The molecule has 0 bridgehead atoms. The number of rotatable bonds is 7. The average Bonchev–Trinajstić information content (AvgIpc) is 3.03. The van der Waals surface area contributed by atoms with Gasteiger partial charge < -0.3 is 15.4 Å². The lowest BCUT2D eigenvalue weighted by atomic mass is 10.1. The summed E-state index contributed by atoms with van der Waals surface area (Å²) in [5.74, 6) is -0.814. The van der Waals surface area contributed by atoms with Crippen LogP contribution < -0.4 is 20.3 Å². The third kappa shape index (κ3) is 4.79. The standard InChI is InChI=1S/C26H22ClN3O4/c1-3-34-21-13-11-20(12-14-21)30-25(32)22(27)23(26(30)33)28-18-9-7-17(8-10-18)24(31)29-19-6-4-5-16(2)15-19/h4-15,28H,3H2,1-2H3,(H,29,31). The zero-order chi connectivity index (χ0) is 24.2. The highest BCUT2D eigenvalue weighted by atomic mass is 35.5. The van der Waals surface area contributed by atoms with Crippen LogP contribution in [0.25, 0.3) is 0 Å². The predicted octanol–water partition coefficient (Wildman–Crippen LogP) is 5.08. The Balaban J connectivity index is 1.46. The molecule has 0 aliphatic carbocycles. The van der Waals surface area contributed by atoms with Gasteiger partial charge in [0, 0.05) is 16.9 Å². The highest BCUT2D eigenvalue weighted by molar-refractivity contribution is 6.53. The number of aryl methyl sites for hydroxylation is 1. The van der Waals surface area contributed by atoms with Gasteiger partial charge in [0.05, 0.1) is 12.3 Å². The summed E-state index contributed by atoms with van der Waals surface area (Å²) in [6, 6.07) is 20.6. The zero-order valence-corrected chi connectivity index (χ0v) is 19.3. The van der Waals surface area contributed by atoms with Crippen molar-refractivity contribution in [2.24, 2.45) is 0 Å². The number of imide groups is 1. The molecule has 0 radical (unpaired) electrons. The van der Waals surface area contributed by atoms with Crippen LogP contribution >= 0.6 is 11.6 Å². The van der Waals surface area contributed by atoms with Crippen molar-refractivity contribution in [1.29, 1.82) is 0 Å². The Labute approximate surface area is 202 Å². The van der Waals surface area contributed by atoms with Crippen LogP contribution in [0.3, 0.4) is 0 Å². The van der Waals surface area contributed by atoms with Gasteiger partial charge in [-0.3, -0.25) is 14.4 Å². The summed E-state index contributed by atoms with van der Waals surface area (Å²) in [6.07, 6.45) is 0. The van der Waals surface area contributed by atoms with Crippen LogP contribution in [0.2, 0.25) is 0 Å². The van der Waals surface area contributed by atoms with E-state index in [-0.39, 0.29) is 16.6 Å². The molecule has 34 heavy (non-hydrogen) atoms. The van der Waals surface area contributed by atoms with E-state index in [4.69, 9.17) is 16.3 Å². The second-order valence-corrected chi connectivity index (χ2v) is 7.97. The lowest BCUT2D eigenvalue weighted by molar-refractivity contribution is -0.120. The first-order chi connectivity index (χ1) is 16.4. The van der Waals surface area contributed by atoms with Crippen molar-refractivity contribution < 1.29 is 19.1 Å². The van der Waals surface area contributed by atoms with Gasteiger partial charge in [0.2, 0.25) is 0 Å². The van der Waals surface area contributed by atoms with E-state index in [1.165, 1.54) is 0 Å². The van der Waals surface area contributed by atoms with Gasteiger partial charge in [-0.05, 0) is 80.1 Å². The van der Waals surface area contributed by atoms with Gasteiger partial charge in [0.1, 0.15) is 16.5 Å². The summed E-state index contributed by atoms with van der Waals surface area (Å²) in [5, 5.41) is 5.54. The maximum Gasteiger partial charge on any atom is 0.283 e. The molecule has 0 atom stereocenters. The Morgan fingerprint density at radius 3 is 2.29 bits per heavy atom. The van der Waals surface area contributed by atoms with Gasteiger partial charge in [0.25, 0.3) is 17.7 Å². The lowest BCUT2D eigenvalue weighted by Crippen LogP contribution is -2.32. The molecular formula is C26H22ClN3O4. The maximum atomic E-state index is 13.0. The normalized spacial score (nSPS) is 13.3. The third-order valence-corrected chi connectivity index (χ3v) is 5.48. The highest BCUT2D eigenvalue weighted by Crippen LogP contribution is 2.31. The van der Waals surface area contributed by atoms with Crippen molar-refractivity contribution >= 4 is 46.4 Å². The minimum Gasteiger partial charge on any atom is -0.494 e. The summed E-state index contributed by atoms with van der Waals surface area (Å²) >= 11 is 6.20. The summed E-state index contributed by atoms with van der Waals surface area (Å²) < 4.78 is 5.40. The fraction of sp³-hybridized carbons (Fsp3) is 0.115. The average molecular weight is 476 g/mol. The fourth-order valence-corrected chi connectivity index (χ4v) is 3.69. The fourth-order valence-electron chi connectivity index (χ4n) is 3.48. The second-order valence-electron chi connectivity index (χ2n) is 7.59. The highest BCUT2D eigenvalue weighted by Gasteiger charge is 2.39. The van der Waals surface area contributed by atoms with Gasteiger partial charge in [-0.15, -0.1) is 0 Å². The molecule has 0 unspecified atom stereocenters. The first-order valence-corrected chi connectivity index (χ1v) is 11.0. The molecule has 3 amide bonds. The molecule has 3 aromatic carbocycles. The van der Waals surface area contributed by atoms with Gasteiger partial charge in [0.15, 0.2) is 0 Å². The van der Waals surface area contributed by atoms with Crippen molar-refractivity contribution in [1.82, 2.24) is 0 Å². The predicted molar refractivity (Wildman–Crippen MR) is 132 cm³/mol. The van der Waals surface area contributed by atoms with Gasteiger partial charge in [-0.25, -0.2) is 4.90 Å². The molecule has 172 valence electrons. The van der Waals surface area contributed by atoms with E-state index in [0.717, 1.165) is 10.5 Å². The second kappa shape index (κ2) is 9.80. The summed E-state index contributed by atoms with van der Waals surface area (Å²) in [6.45, 7) is 4.32. The number of nitrogens with one attached hydrogen (secondary N) is 2. The van der Waals surface area contributed by atoms with Crippen LogP contribution in [0, 0.1) is 6.92 Å². The Hall–Kier alpha value is -4.10. The van der Waals surface area contributed by atoms with E-state index in [1.807, 2.05) is 38.1 Å². The molecule has 3 aromatic rings. The topological polar surface area (TPSA) is 87.7 Å². The van der Waals surface area contributed by atoms with Crippen LogP contribution in [0.15, 0.2) is 83.5 Å². The number of benzene rings is 3. The Morgan fingerprint density at radius 1 is 0.941 bits per heavy atom. The number of anilines is 3. The van der Waals surface area contributed by atoms with E-state index >= 15 is 0 Å². The first-order valence-electron chi connectivity index (χ1n) is 10.6. The van der Waals surface area contributed by atoms with Crippen molar-refractivity contribution in [3.63, 3.8) is 0 Å². The summed E-state index contributed by atoms with van der Waals surface area (Å²) in [5.41, 5.74) is 3.05. The largest absolute Gasteiger partial charge is 0.494 e. The molecule has 0 saturated carbocycles. The number of ether oxygens (including phenoxy) is 1. The van der Waals surface area contributed by atoms with Crippen molar-refractivity contribution in [3.05, 3.63) is 94.7 Å². The van der Waals surface area contributed by atoms with Gasteiger partial charge in [-0.2, -0.15) is 0 Å². The number of hydrogen-bond acceptors (Lipinski definition) is 5. The minimum absolute atomic E-state index is 0.0301. The number of hydrogen-bond donors (Lipinski definition) is 2. The molecule has 1 aliphatic heterocycles. The molecule has 0 aromatic heterocycles. The van der Waals surface area contributed by atoms with E-state index in [2.05, 4.69) is 10.6 Å². The van der Waals surface area contributed by atoms with Crippen LogP contribution in [0.4, 0.5) is 17.1 Å². The molecule has 7 nitrogen and oxygen atoms in total. The molecule has 2 N–H and O–H groups in total. The third-order valence-electron chi connectivity index (χ3n) is 5.13. The monoisotopic (exact) mass is 475 g/mol. The molecule has 0 saturated heterocycles. The van der Waals surface area contributed by atoms with Crippen LogP contribution in [0.1, 0.15) is 22.8 Å². The SMILES string of the molecule is CCOc1ccc(N2C(=O)C(Cl)=C(Nc3ccc(C(=O)Nc4cccc(C)c4)cc3)C2=O)cc1. The van der Waals surface area contributed by atoms with Crippen LogP contribution in [-0.2, 0) is 9.59 Å². The van der Waals surface area contributed by atoms with Gasteiger partial charge in [-0.1, -0.05) is 23.7 Å². The van der Waals surface area contributed by atoms with E-state index in [1.54, 1.807) is 48.5 Å². The quantitative estimate of drug-likeness (QED) is 0.465. The number of nitrogens with zero attached hydrogens (tertiary/aromatic N) is 1. The van der Waals surface area contributed by atoms with Crippen LogP contribution in [-0.4, -0.2) is 24.3 Å². The first kappa shape index (κ1) is 23.1. The molecule has 0 fully saturated rings. The molecule has 1 heterocycles. The maximum absolute atomic E-state index is 13.0. The van der Waals surface area contributed by atoms with Crippen molar-refractivity contribution in [3.8, 4) is 5.75 Å². The molecule has 1 aliphatic rings. The lowest BCUT2D eigenvalue weighted by Gasteiger charge is -2.15. The number of carbonyl (C=O) groups excluding carboxylic acids is 3. The summed E-state index contributed by atoms with van der Waals surface area (Å²) in [4.78, 5) is 39.1. The molecule has 8 heteroatoms. The molecule has 0 spiro atoms. The molecular weight excluding hydrogens is 454 g/mol. The van der Waals surface area contributed by atoms with E-state index in [0.29, 0.717) is 35.0 Å².